The lowest BCUT2D eigenvalue weighted by Crippen LogP contribution is -2.33. The molecule has 1 aromatic rings. The summed E-state index contributed by atoms with van der Waals surface area (Å²) >= 11 is 0. The average Bonchev–Trinajstić information content (AvgIpc) is 2.62. The summed E-state index contributed by atoms with van der Waals surface area (Å²) in [6, 6.07) is 9.24. The zero-order valence-electron chi connectivity index (χ0n) is 15.6. The van der Waals surface area contributed by atoms with Gasteiger partial charge in [-0.1, -0.05) is 63.5 Å². The quantitative estimate of drug-likeness (QED) is 0.645. The highest BCUT2D eigenvalue weighted by Crippen LogP contribution is 2.36. The van der Waals surface area contributed by atoms with Crippen LogP contribution in [0.5, 0.6) is 0 Å². The molecule has 0 atom stereocenters. The van der Waals surface area contributed by atoms with Crippen LogP contribution in [0.3, 0.4) is 0 Å². The Labute approximate surface area is 146 Å². The maximum Gasteiger partial charge on any atom is 0.0801 e. The largest absolute Gasteiger partial charge is 0.291 e. The summed E-state index contributed by atoms with van der Waals surface area (Å²) in [4.78, 5) is 9.40. The highest BCUT2D eigenvalue weighted by molar-refractivity contribution is 6.15. The van der Waals surface area contributed by atoms with Crippen LogP contribution in [0.4, 0.5) is 0 Å². The first-order chi connectivity index (χ1) is 11.5. The number of hydrogen-bond acceptors (Lipinski definition) is 2. The van der Waals surface area contributed by atoms with E-state index in [1.54, 1.807) is 0 Å². The van der Waals surface area contributed by atoms with Crippen LogP contribution in [0.1, 0.15) is 76.3 Å². The van der Waals surface area contributed by atoms with Crippen molar-refractivity contribution >= 4 is 11.4 Å². The minimum absolute atomic E-state index is 0.0215. The third-order valence-corrected chi connectivity index (χ3v) is 5.58. The number of nitrogens with zero attached hydrogens (tertiary/aromatic N) is 2. The van der Waals surface area contributed by atoms with E-state index in [9.17, 15) is 0 Å². The average molecular weight is 322 g/mol. The van der Waals surface area contributed by atoms with Crippen LogP contribution >= 0.6 is 0 Å². The molecule has 1 aromatic carbocycles. The SMILES string of the molecule is C/C=C1/N=C(c2ccc(C3CCCCC3)cc2)C(C)(C)CC1=NC. The maximum absolute atomic E-state index is 4.96. The van der Waals surface area contributed by atoms with Gasteiger partial charge in [-0.2, -0.15) is 0 Å². The van der Waals surface area contributed by atoms with Crippen molar-refractivity contribution in [2.45, 2.75) is 65.2 Å². The molecule has 0 amide bonds. The van der Waals surface area contributed by atoms with Crippen molar-refractivity contribution in [2.75, 3.05) is 7.05 Å². The predicted octanol–water partition coefficient (Wildman–Crippen LogP) is 5.93. The maximum atomic E-state index is 4.96. The predicted molar refractivity (Wildman–Crippen MR) is 104 cm³/mol. The molecule has 0 aromatic heterocycles. The molecule has 2 aliphatic rings. The van der Waals surface area contributed by atoms with Gasteiger partial charge >= 0.3 is 0 Å². The Hall–Kier alpha value is -1.70. The summed E-state index contributed by atoms with van der Waals surface area (Å²) in [6.07, 6.45) is 9.91. The van der Waals surface area contributed by atoms with Gasteiger partial charge in [0.15, 0.2) is 0 Å². The molecule has 0 unspecified atom stereocenters. The minimum atomic E-state index is 0.0215. The number of allylic oxidation sites excluding steroid dienone is 2. The first-order valence-corrected chi connectivity index (χ1v) is 9.37. The highest BCUT2D eigenvalue weighted by atomic mass is 14.9. The molecule has 2 nitrogen and oxygen atoms in total. The van der Waals surface area contributed by atoms with Gasteiger partial charge < -0.3 is 0 Å². The second kappa shape index (κ2) is 7.04. The van der Waals surface area contributed by atoms with Crippen LogP contribution < -0.4 is 0 Å². The summed E-state index contributed by atoms with van der Waals surface area (Å²) in [5, 5.41) is 0. The summed E-state index contributed by atoms with van der Waals surface area (Å²) in [5.74, 6) is 0.763. The van der Waals surface area contributed by atoms with Gasteiger partial charge in [-0.3, -0.25) is 9.98 Å². The topological polar surface area (TPSA) is 24.7 Å². The van der Waals surface area contributed by atoms with E-state index in [0.717, 1.165) is 23.7 Å². The van der Waals surface area contributed by atoms with Gasteiger partial charge in [0, 0.05) is 18.9 Å². The monoisotopic (exact) mass is 322 g/mol. The van der Waals surface area contributed by atoms with Crippen molar-refractivity contribution in [3.63, 3.8) is 0 Å². The van der Waals surface area contributed by atoms with Gasteiger partial charge in [0.05, 0.1) is 17.1 Å². The third kappa shape index (κ3) is 3.38. The van der Waals surface area contributed by atoms with E-state index in [0.29, 0.717) is 0 Å². The summed E-state index contributed by atoms with van der Waals surface area (Å²) in [5.41, 5.74) is 6.13. The van der Waals surface area contributed by atoms with Gasteiger partial charge in [-0.25, -0.2) is 0 Å². The molecule has 24 heavy (non-hydrogen) atoms. The van der Waals surface area contributed by atoms with Crippen LogP contribution in [0.2, 0.25) is 0 Å². The van der Waals surface area contributed by atoms with Gasteiger partial charge in [0.2, 0.25) is 0 Å². The van der Waals surface area contributed by atoms with E-state index < -0.39 is 0 Å². The van der Waals surface area contributed by atoms with Crippen LogP contribution in [0.25, 0.3) is 0 Å². The lowest BCUT2D eigenvalue weighted by atomic mass is 9.75. The minimum Gasteiger partial charge on any atom is -0.291 e. The van der Waals surface area contributed by atoms with Crippen LogP contribution in [0.15, 0.2) is 46.0 Å². The molecule has 3 rings (SSSR count). The Morgan fingerprint density at radius 3 is 2.33 bits per heavy atom. The Bertz CT molecular complexity index is 668. The second-order valence-electron chi connectivity index (χ2n) is 7.82. The van der Waals surface area contributed by atoms with Crippen molar-refractivity contribution in [2.24, 2.45) is 15.4 Å². The van der Waals surface area contributed by atoms with E-state index in [-0.39, 0.29) is 5.41 Å². The van der Waals surface area contributed by atoms with E-state index in [1.807, 2.05) is 14.0 Å². The molecule has 128 valence electrons. The Morgan fingerprint density at radius 2 is 1.75 bits per heavy atom. The molecule has 1 heterocycles. The first kappa shape index (κ1) is 17.1. The standard InChI is InChI=1S/C22H30N2/c1-5-19-20(23-4)15-22(2,3)21(24-19)18-13-11-17(12-14-18)16-9-7-6-8-10-16/h5,11-14,16H,6-10,15H2,1-4H3/b19-5+,23-20?. The number of hydrogen-bond donors (Lipinski definition) is 0. The van der Waals surface area contributed by atoms with Gasteiger partial charge in [0.1, 0.15) is 0 Å². The number of aliphatic imine (C=N–C) groups is 2. The summed E-state index contributed by atoms with van der Waals surface area (Å²) < 4.78 is 0. The van der Waals surface area contributed by atoms with Crippen molar-refractivity contribution in [1.82, 2.24) is 0 Å². The molecule has 0 radical (unpaired) electrons. The molecule has 0 N–H and O–H groups in total. The lowest BCUT2D eigenvalue weighted by molar-refractivity contribution is 0.443. The van der Waals surface area contributed by atoms with E-state index in [4.69, 9.17) is 4.99 Å². The third-order valence-electron chi connectivity index (χ3n) is 5.58. The zero-order valence-corrected chi connectivity index (χ0v) is 15.6. The van der Waals surface area contributed by atoms with E-state index in [1.165, 1.54) is 48.9 Å². The number of rotatable bonds is 2. The fourth-order valence-corrected chi connectivity index (χ4v) is 4.16. The van der Waals surface area contributed by atoms with Gasteiger partial charge in [-0.15, -0.1) is 0 Å². The van der Waals surface area contributed by atoms with Gasteiger partial charge in [0.25, 0.3) is 0 Å². The molecular formula is C22H30N2. The Morgan fingerprint density at radius 1 is 1.08 bits per heavy atom. The summed E-state index contributed by atoms with van der Waals surface area (Å²) in [6.45, 7) is 6.60. The molecule has 1 aliphatic carbocycles. The zero-order chi connectivity index (χ0) is 17.2. The van der Waals surface area contributed by atoms with Crippen molar-refractivity contribution in [3.05, 3.63) is 47.2 Å². The van der Waals surface area contributed by atoms with Crippen molar-refractivity contribution < 1.29 is 0 Å². The van der Waals surface area contributed by atoms with Crippen molar-refractivity contribution in [3.8, 4) is 0 Å². The normalized spacial score (nSPS) is 25.1. The van der Waals surface area contributed by atoms with Gasteiger partial charge in [-0.05, 0) is 36.8 Å². The fourth-order valence-electron chi connectivity index (χ4n) is 4.16. The smallest absolute Gasteiger partial charge is 0.0801 e. The van der Waals surface area contributed by atoms with E-state index in [2.05, 4.69) is 49.2 Å². The first-order valence-electron chi connectivity index (χ1n) is 9.37. The van der Waals surface area contributed by atoms with Crippen LogP contribution in [-0.2, 0) is 0 Å². The Kier molecular flexibility index (Phi) is 5.03. The molecule has 0 saturated heterocycles. The molecule has 0 spiro atoms. The van der Waals surface area contributed by atoms with Crippen molar-refractivity contribution in [1.29, 1.82) is 0 Å². The second-order valence-corrected chi connectivity index (χ2v) is 7.82. The van der Waals surface area contributed by atoms with E-state index >= 15 is 0 Å². The molecule has 2 heteroatoms. The molecule has 1 fully saturated rings. The molecular weight excluding hydrogens is 292 g/mol. The highest BCUT2D eigenvalue weighted by Gasteiger charge is 2.33. The van der Waals surface area contributed by atoms with Crippen LogP contribution in [0, 0.1) is 5.41 Å². The lowest BCUT2D eigenvalue weighted by Gasteiger charge is -2.32. The fraction of sp³-hybridized carbons (Fsp3) is 0.545. The Balaban J connectivity index is 1.91. The van der Waals surface area contributed by atoms with Crippen LogP contribution in [-0.4, -0.2) is 18.5 Å². The molecule has 1 saturated carbocycles. The number of benzene rings is 1. The molecule has 0 bridgehead atoms. The molecule has 1 aliphatic heterocycles. The summed E-state index contributed by atoms with van der Waals surface area (Å²) in [7, 11) is 1.87.